The standard InChI is InChI=1S/C8H11ClN2O6S3/c1-19(14,15)4-2-3-10-20(16,17)7-5-6(11(12)13)8(9)18-7/h5,10H,2-4H2,1H3. The van der Waals surface area contributed by atoms with Crippen molar-refractivity contribution in [3.63, 3.8) is 0 Å². The van der Waals surface area contributed by atoms with E-state index in [1.54, 1.807) is 0 Å². The molecule has 0 saturated carbocycles. The molecule has 0 saturated heterocycles. The largest absolute Gasteiger partial charge is 0.300 e. The molecular formula is C8H11ClN2O6S3. The number of thiophene rings is 1. The van der Waals surface area contributed by atoms with Gasteiger partial charge in [0.15, 0.2) is 4.34 Å². The van der Waals surface area contributed by atoms with E-state index < -0.39 is 30.5 Å². The van der Waals surface area contributed by atoms with Crippen molar-refractivity contribution in [2.45, 2.75) is 10.6 Å². The van der Waals surface area contributed by atoms with Crippen molar-refractivity contribution in [3.8, 4) is 0 Å². The summed E-state index contributed by atoms with van der Waals surface area (Å²) in [4.78, 5) is 9.80. The van der Waals surface area contributed by atoms with Crippen molar-refractivity contribution >= 4 is 48.5 Å². The molecule has 114 valence electrons. The number of nitro groups is 1. The van der Waals surface area contributed by atoms with Crippen LogP contribution in [0.15, 0.2) is 10.3 Å². The van der Waals surface area contributed by atoms with Crippen molar-refractivity contribution in [2.75, 3.05) is 18.6 Å². The minimum Gasteiger partial charge on any atom is -0.258 e. The van der Waals surface area contributed by atoms with Crippen LogP contribution in [-0.4, -0.2) is 40.3 Å². The first-order valence-electron chi connectivity index (χ1n) is 5.14. The van der Waals surface area contributed by atoms with Crippen LogP contribution in [0.1, 0.15) is 6.42 Å². The number of hydrogen-bond acceptors (Lipinski definition) is 7. The SMILES string of the molecule is CS(=O)(=O)CCCNS(=O)(=O)c1cc([N+](=O)[O-])c(Cl)s1. The summed E-state index contributed by atoms with van der Waals surface area (Å²) in [5.41, 5.74) is -0.479. The summed E-state index contributed by atoms with van der Waals surface area (Å²) >= 11 is 6.14. The van der Waals surface area contributed by atoms with Crippen LogP contribution in [-0.2, 0) is 19.9 Å². The number of halogens is 1. The van der Waals surface area contributed by atoms with Gasteiger partial charge in [0.05, 0.1) is 10.7 Å². The van der Waals surface area contributed by atoms with Crippen LogP contribution in [0, 0.1) is 10.1 Å². The molecule has 0 bridgehead atoms. The van der Waals surface area contributed by atoms with Crippen molar-refractivity contribution in [2.24, 2.45) is 0 Å². The maximum Gasteiger partial charge on any atom is 0.300 e. The highest BCUT2D eigenvalue weighted by Crippen LogP contribution is 2.35. The Balaban J connectivity index is 2.75. The molecule has 0 fully saturated rings. The predicted octanol–water partition coefficient (Wildman–Crippen LogP) is 1.02. The topological polar surface area (TPSA) is 123 Å². The fraction of sp³-hybridized carbons (Fsp3) is 0.500. The predicted molar refractivity (Wildman–Crippen MR) is 75.5 cm³/mol. The van der Waals surface area contributed by atoms with Gasteiger partial charge in [0.1, 0.15) is 14.0 Å². The second-order valence-electron chi connectivity index (χ2n) is 3.86. The molecule has 0 aliphatic heterocycles. The summed E-state index contributed by atoms with van der Waals surface area (Å²) < 4.78 is 47.0. The van der Waals surface area contributed by atoms with Gasteiger partial charge >= 0.3 is 0 Å². The van der Waals surface area contributed by atoms with Crippen molar-refractivity contribution in [3.05, 3.63) is 20.5 Å². The average molecular weight is 363 g/mol. The average Bonchev–Trinajstić information content (AvgIpc) is 2.66. The van der Waals surface area contributed by atoms with Gasteiger partial charge in [0, 0.05) is 18.9 Å². The zero-order chi connectivity index (χ0) is 15.6. The summed E-state index contributed by atoms with van der Waals surface area (Å²) in [7, 11) is -7.09. The van der Waals surface area contributed by atoms with Crippen molar-refractivity contribution in [1.82, 2.24) is 4.72 Å². The maximum absolute atomic E-state index is 11.8. The monoisotopic (exact) mass is 362 g/mol. The van der Waals surface area contributed by atoms with E-state index in [-0.39, 0.29) is 27.3 Å². The van der Waals surface area contributed by atoms with E-state index in [2.05, 4.69) is 4.72 Å². The van der Waals surface area contributed by atoms with Crippen LogP contribution in [0.4, 0.5) is 5.69 Å². The van der Waals surface area contributed by atoms with E-state index in [1.165, 1.54) is 0 Å². The van der Waals surface area contributed by atoms with Crippen LogP contribution in [0.2, 0.25) is 4.34 Å². The highest BCUT2D eigenvalue weighted by molar-refractivity contribution is 7.91. The van der Waals surface area contributed by atoms with E-state index >= 15 is 0 Å². The van der Waals surface area contributed by atoms with Gasteiger partial charge in [-0.25, -0.2) is 21.6 Å². The molecule has 0 aliphatic rings. The van der Waals surface area contributed by atoms with Crippen LogP contribution >= 0.6 is 22.9 Å². The molecule has 0 spiro atoms. The Bertz CT molecular complexity index is 709. The van der Waals surface area contributed by atoms with Gasteiger partial charge in [-0.15, -0.1) is 11.3 Å². The third kappa shape index (κ3) is 4.98. The van der Waals surface area contributed by atoms with Gasteiger partial charge in [-0.05, 0) is 6.42 Å². The fourth-order valence-corrected chi connectivity index (χ4v) is 4.66. The van der Waals surface area contributed by atoms with E-state index in [4.69, 9.17) is 11.6 Å². The molecule has 1 N–H and O–H groups in total. The number of nitrogens with one attached hydrogen (secondary N) is 1. The molecule has 8 nitrogen and oxygen atoms in total. The molecule has 0 radical (unpaired) electrons. The lowest BCUT2D eigenvalue weighted by atomic mass is 10.5. The molecule has 1 rings (SSSR count). The Labute approximate surface area is 124 Å². The van der Waals surface area contributed by atoms with Crippen LogP contribution < -0.4 is 4.72 Å². The third-order valence-corrected chi connectivity index (χ3v) is 6.39. The van der Waals surface area contributed by atoms with Gasteiger partial charge < -0.3 is 0 Å². The summed E-state index contributed by atoms with van der Waals surface area (Å²) in [6.45, 7) is -0.0846. The zero-order valence-corrected chi connectivity index (χ0v) is 13.4. The smallest absolute Gasteiger partial charge is 0.258 e. The van der Waals surface area contributed by atoms with Crippen molar-refractivity contribution in [1.29, 1.82) is 0 Å². The van der Waals surface area contributed by atoms with Gasteiger partial charge in [-0.3, -0.25) is 10.1 Å². The Morgan fingerprint density at radius 3 is 2.45 bits per heavy atom. The minimum atomic E-state index is -3.93. The Kier molecular flexibility index (Phi) is 5.49. The Hall–Kier alpha value is -0.750. The molecule has 0 atom stereocenters. The molecule has 0 unspecified atom stereocenters. The highest BCUT2D eigenvalue weighted by atomic mass is 35.5. The highest BCUT2D eigenvalue weighted by Gasteiger charge is 2.24. The maximum atomic E-state index is 11.8. The van der Waals surface area contributed by atoms with E-state index in [1.807, 2.05) is 0 Å². The van der Waals surface area contributed by atoms with Gasteiger partial charge in [0.25, 0.3) is 5.69 Å². The lowest BCUT2D eigenvalue weighted by molar-refractivity contribution is -0.384. The van der Waals surface area contributed by atoms with Gasteiger partial charge in [-0.2, -0.15) is 0 Å². The first-order valence-corrected chi connectivity index (χ1v) is 9.88. The number of rotatable bonds is 7. The number of sulfone groups is 1. The summed E-state index contributed by atoms with van der Waals surface area (Å²) in [5, 5.41) is 10.6. The molecule has 12 heteroatoms. The number of hydrogen-bond donors (Lipinski definition) is 1. The first kappa shape index (κ1) is 17.3. The lowest BCUT2D eigenvalue weighted by Crippen LogP contribution is -2.25. The van der Waals surface area contributed by atoms with Crippen LogP contribution in [0.3, 0.4) is 0 Å². The molecule has 0 aliphatic carbocycles. The first-order chi connectivity index (χ1) is 9.03. The summed E-state index contributed by atoms with van der Waals surface area (Å²) in [6.07, 6.45) is 1.16. The van der Waals surface area contributed by atoms with E-state index in [0.29, 0.717) is 11.3 Å². The molecular weight excluding hydrogens is 352 g/mol. The quantitative estimate of drug-likeness (QED) is 0.438. The molecule has 0 amide bonds. The molecule has 20 heavy (non-hydrogen) atoms. The second kappa shape index (κ2) is 6.35. The van der Waals surface area contributed by atoms with E-state index in [9.17, 15) is 26.9 Å². The van der Waals surface area contributed by atoms with Gasteiger partial charge in [0.2, 0.25) is 10.0 Å². The Morgan fingerprint density at radius 1 is 1.40 bits per heavy atom. The molecule has 0 aromatic carbocycles. The second-order valence-corrected chi connectivity index (χ2v) is 9.77. The van der Waals surface area contributed by atoms with Crippen LogP contribution in [0.5, 0.6) is 0 Å². The zero-order valence-electron chi connectivity index (χ0n) is 10.2. The number of nitrogens with zero attached hydrogens (tertiary/aromatic N) is 1. The number of sulfonamides is 1. The molecule has 1 aromatic heterocycles. The summed E-state index contributed by atoms with van der Waals surface area (Å²) in [5.74, 6) is -0.152. The third-order valence-electron chi connectivity index (χ3n) is 2.09. The molecule has 1 aromatic rings. The summed E-state index contributed by atoms with van der Waals surface area (Å²) in [6, 6.07) is 0.867. The van der Waals surface area contributed by atoms with Crippen molar-refractivity contribution < 1.29 is 21.8 Å². The normalized spacial score (nSPS) is 12.5. The fourth-order valence-electron chi connectivity index (χ4n) is 1.21. The molecule has 1 heterocycles. The van der Waals surface area contributed by atoms with Crippen LogP contribution in [0.25, 0.3) is 0 Å². The Morgan fingerprint density at radius 2 is 2.00 bits per heavy atom. The van der Waals surface area contributed by atoms with E-state index in [0.717, 1.165) is 12.3 Å². The van der Waals surface area contributed by atoms with Gasteiger partial charge in [-0.1, -0.05) is 11.6 Å². The minimum absolute atomic E-state index is 0.0846. The lowest BCUT2D eigenvalue weighted by Gasteiger charge is -2.03.